The summed E-state index contributed by atoms with van der Waals surface area (Å²) in [5.41, 5.74) is 7.68. The Hall–Kier alpha value is -1.59. The molecule has 0 aliphatic carbocycles. The molecule has 4 nitrogen and oxygen atoms in total. The van der Waals surface area contributed by atoms with Gasteiger partial charge in [0.15, 0.2) is 11.5 Å². The molecule has 5 heteroatoms. The first-order valence-corrected chi connectivity index (χ1v) is 7.96. The highest BCUT2D eigenvalue weighted by Crippen LogP contribution is 2.29. The summed E-state index contributed by atoms with van der Waals surface area (Å²) in [6.45, 7) is 5.36. The zero-order chi connectivity index (χ0) is 15.2. The van der Waals surface area contributed by atoms with Crippen LogP contribution >= 0.6 is 11.3 Å². The predicted octanol–water partition coefficient (Wildman–Crippen LogP) is 3.36. The second kappa shape index (κ2) is 7.43. The highest BCUT2D eigenvalue weighted by atomic mass is 32.1. The average molecular weight is 306 g/mol. The van der Waals surface area contributed by atoms with Crippen LogP contribution in [0, 0.1) is 0 Å². The molecule has 0 spiro atoms. The van der Waals surface area contributed by atoms with Gasteiger partial charge in [-0.3, -0.25) is 0 Å². The number of methoxy groups -OCH3 is 1. The molecule has 114 valence electrons. The fourth-order valence-corrected chi connectivity index (χ4v) is 2.78. The molecule has 2 N–H and O–H groups in total. The Labute approximate surface area is 129 Å². The van der Waals surface area contributed by atoms with E-state index in [-0.39, 0.29) is 0 Å². The summed E-state index contributed by atoms with van der Waals surface area (Å²) in [5, 5.41) is 3.18. The molecule has 0 saturated carbocycles. The number of nitrogens with zero attached hydrogens (tertiary/aromatic N) is 1. The molecular formula is C16H22N2O2S. The van der Waals surface area contributed by atoms with Crippen molar-refractivity contribution in [3.8, 4) is 11.5 Å². The molecule has 2 aromatic rings. The van der Waals surface area contributed by atoms with Crippen LogP contribution in [0.25, 0.3) is 0 Å². The van der Waals surface area contributed by atoms with Crippen molar-refractivity contribution in [3.05, 3.63) is 39.8 Å². The van der Waals surface area contributed by atoms with E-state index in [1.54, 1.807) is 18.4 Å². The predicted molar refractivity (Wildman–Crippen MR) is 86.3 cm³/mol. The van der Waals surface area contributed by atoms with Gasteiger partial charge in [0.2, 0.25) is 0 Å². The zero-order valence-electron chi connectivity index (χ0n) is 12.8. The van der Waals surface area contributed by atoms with E-state index in [4.69, 9.17) is 15.2 Å². The van der Waals surface area contributed by atoms with Crippen molar-refractivity contribution in [2.24, 2.45) is 5.73 Å². The van der Waals surface area contributed by atoms with Crippen LogP contribution in [0.4, 0.5) is 0 Å². The maximum absolute atomic E-state index is 5.83. The van der Waals surface area contributed by atoms with E-state index in [2.05, 4.69) is 18.8 Å². The molecule has 0 aliphatic rings. The molecule has 0 amide bonds. The zero-order valence-corrected chi connectivity index (χ0v) is 13.6. The number of thiazole rings is 1. The van der Waals surface area contributed by atoms with Gasteiger partial charge in [-0.05, 0) is 30.7 Å². The summed E-state index contributed by atoms with van der Waals surface area (Å²) in [7, 11) is 1.65. The molecule has 1 heterocycles. The topological polar surface area (TPSA) is 57.4 Å². The number of nitrogens with two attached hydrogens (primary N) is 1. The summed E-state index contributed by atoms with van der Waals surface area (Å²) in [5.74, 6) is 1.92. The fourth-order valence-electron chi connectivity index (χ4n) is 1.96. The molecule has 0 atom stereocenters. The molecule has 0 radical (unpaired) electrons. The van der Waals surface area contributed by atoms with Gasteiger partial charge in [-0.25, -0.2) is 4.98 Å². The Morgan fingerprint density at radius 1 is 1.29 bits per heavy atom. The number of hydrogen-bond acceptors (Lipinski definition) is 5. The van der Waals surface area contributed by atoms with Gasteiger partial charge in [-0.15, -0.1) is 11.3 Å². The Kier molecular flexibility index (Phi) is 5.59. The van der Waals surface area contributed by atoms with Gasteiger partial charge in [0.1, 0.15) is 6.61 Å². The molecule has 2 rings (SSSR count). The fraction of sp³-hybridized carbons (Fsp3) is 0.438. The van der Waals surface area contributed by atoms with Crippen LogP contribution in [0.5, 0.6) is 11.5 Å². The van der Waals surface area contributed by atoms with Crippen molar-refractivity contribution in [2.75, 3.05) is 13.7 Å². The highest BCUT2D eigenvalue weighted by Gasteiger charge is 2.09. The molecule has 0 fully saturated rings. The molecule has 21 heavy (non-hydrogen) atoms. The number of hydrogen-bond donors (Lipinski definition) is 1. The summed E-state index contributed by atoms with van der Waals surface area (Å²) in [6.07, 6.45) is 0.834. The molecular weight excluding hydrogens is 284 g/mol. The Morgan fingerprint density at radius 2 is 2.10 bits per heavy atom. The van der Waals surface area contributed by atoms with Crippen molar-refractivity contribution in [2.45, 2.75) is 32.8 Å². The molecule has 0 saturated heterocycles. The lowest BCUT2D eigenvalue weighted by atomic mass is 10.1. The summed E-state index contributed by atoms with van der Waals surface area (Å²) < 4.78 is 11.2. The third-order valence-electron chi connectivity index (χ3n) is 3.10. The largest absolute Gasteiger partial charge is 0.493 e. The quantitative estimate of drug-likeness (QED) is 0.852. The van der Waals surface area contributed by atoms with Crippen LogP contribution in [-0.4, -0.2) is 18.6 Å². The van der Waals surface area contributed by atoms with Crippen LogP contribution in [0.1, 0.15) is 36.0 Å². The maximum atomic E-state index is 5.83. The number of aromatic nitrogens is 1. The van der Waals surface area contributed by atoms with E-state index < -0.39 is 0 Å². The first kappa shape index (κ1) is 15.8. The second-order valence-electron chi connectivity index (χ2n) is 5.14. The highest BCUT2D eigenvalue weighted by molar-refractivity contribution is 7.09. The SMILES string of the molecule is COc1cc(CCN)ccc1OCc1csc(C(C)C)n1. The van der Waals surface area contributed by atoms with Crippen LogP contribution in [-0.2, 0) is 13.0 Å². The van der Waals surface area contributed by atoms with E-state index in [1.165, 1.54) is 0 Å². The molecule has 0 unspecified atom stereocenters. The van der Waals surface area contributed by atoms with Crippen molar-refractivity contribution in [1.29, 1.82) is 0 Å². The Morgan fingerprint density at radius 3 is 2.71 bits per heavy atom. The number of ether oxygens (including phenoxy) is 2. The van der Waals surface area contributed by atoms with E-state index in [9.17, 15) is 0 Å². The van der Waals surface area contributed by atoms with Gasteiger partial charge in [-0.1, -0.05) is 19.9 Å². The first-order valence-electron chi connectivity index (χ1n) is 7.08. The van der Waals surface area contributed by atoms with Crippen LogP contribution in [0.3, 0.4) is 0 Å². The lowest BCUT2D eigenvalue weighted by Crippen LogP contribution is -2.03. The standard InChI is InChI=1S/C16H22N2O2S/c1-11(2)16-18-13(10-21-16)9-20-14-5-4-12(6-7-17)8-15(14)19-3/h4-5,8,10-11H,6-7,9,17H2,1-3H3. The van der Waals surface area contributed by atoms with Crippen LogP contribution in [0.2, 0.25) is 0 Å². The normalized spacial score (nSPS) is 10.9. The van der Waals surface area contributed by atoms with E-state index in [1.807, 2.05) is 23.6 Å². The molecule has 0 bridgehead atoms. The number of rotatable bonds is 7. The second-order valence-corrected chi connectivity index (χ2v) is 6.03. The van der Waals surface area contributed by atoms with Crippen molar-refractivity contribution in [3.63, 3.8) is 0 Å². The van der Waals surface area contributed by atoms with E-state index in [0.717, 1.165) is 34.2 Å². The third kappa shape index (κ3) is 4.19. The third-order valence-corrected chi connectivity index (χ3v) is 4.29. The van der Waals surface area contributed by atoms with Gasteiger partial charge in [0, 0.05) is 11.3 Å². The van der Waals surface area contributed by atoms with E-state index in [0.29, 0.717) is 19.1 Å². The minimum absolute atomic E-state index is 0.453. The van der Waals surface area contributed by atoms with Crippen LogP contribution < -0.4 is 15.2 Å². The van der Waals surface area contributed by atoms with Crippen molar-refractivity contribution >= 4 is 11.3 Å². The average Bonchev–Trinajstić information content (AvgIpc) is 2.95. The van der Waals surface area contributed by atoms with Gasteiger partial charge in [-0.2, -0.15) is 0 Å². The minimum Gasteiger partial charge on any atom is -0.493 e. The maximum Gasteiger partial charge on any atom is 0.161 e. The molecule has 1 aromatic carbocycles. The van der Waals surface area contributed by atoms with Crippen molar-refractivity contribution < 1.29 is 9.47 Å². The van der Waals surface area contributed by atoms with Gasteiger partial charge in [0.05, 0.1) is 17.8 Å². The van der Waals surface area contributed by atoms with Crippen molar-refractivity contribution in [1.82, 2.24) is 4.98 Å². The Bertz CT molecular complexity index is 581. The summed E-state index contributed by atoms with van der Waals surface area (Å²) >= 11 is 1.68. The summed E-state index contributed by atoms with van der Waals surface area (Å²) in [6, 6.07) is 5.92. The monoisotopic (exact) mass is 306 g/mol. The molecule has 0 aliphatic heterocycles. The molecule has 1 aromatic heterocycles. The smallest absolute Gasteiger partial charge is 0.161 e. The number of benzene rings is 1. The van der Waals surface area contributed by atoms with Gasteiger partial charge >= 0.3 is 0 Å². The van der Waals surface area contributed by atoms with E-state index >= 15 is 0 Å². The summed E-state index contributed by atoms with van der Waals surface area (Å²) in [4.78, 5) is 4.56. The lowest BCUT2D eigenvalue weighted by molar-refractivity contribution is 0.281. The lowest BCUT2D eigenvalue weighted by Gasteiger charge is -2.11. The first-order chi connectivity index (χ1) is 10.1. The van der Waals surface area contributed by atoms with Gasteiger partial charge < -0.3 is 15.2 Å². The van der Waals surface area contributed by atoms with Crippen LogP contribution in [0.15, 0.2) is 23.6 Å². The Balaban J connectivity index is 2.04. The van der Waals surface area contributed by atoms with Gasteiger partial charge in [0.25, 0.3) is 0 Å². The minimum atomic E-state index is 0.453.